The molecule has 0 bridgehead atoms. The van der Waals surface area contributed by atoms with Gasteiger partial charge in [-0.15, -0.1) is 11.3 Å². The summed E-state index contributed by atoms with van der Waals surface area (Å²) in [6.07, 6.45) is 2.42. The zero-order valence-corrected chi connectivity index (χ0v) is 20.6. The third kappa shape index (κ3) is 8.08. The number of hydrogen-bond donors (Lipinski definition) is 2. The van der Waals surface area contributed by atoms with Gasteiger partial charge in [0.2, 0.25) is 0 Å². The van der Waals surface area contributed by atoms with Crippen LogP contribution in [0.15, 0.2) is 66.9 Å². The minimum Gasteiger partial charge on any atom is -0.444 e. The van der Waals surface area contributed by atoms with Crippen LogP contribution in [0.5, 0.6) is 0 Å². The van der Waals surface area contributed by atoms with E-state index in [4.69, 9.17) is 4.74 Å². The number of benzene rings is 2. The molecule has 1 unspecified atom stereocenters. The summed E-state index contributed by atoms with van der Waals surface area (Å²) >= 11 is 1.34. The summed E-state index contributed by atoms with van der Waals surface area (Å²) in [5.74, 6) is -0.116. The van der Waals surface area contributed by atoms with Crippen molar-refractivity contribution in [3.8, 4) is 0 Å². The first-order chi connectivity index (χ1) is 16.2. The lowest BCUT2D eigenvalue weighted by Crippen LogP contribution is -2.47. The molecule has 0 saturated heterocycles. The van der Waals surface area contributed by atoms with E-state index in [1.54, 1.807) is 27.0 Å². The van der Waals surface area contributed by atoms with Crippen molar-refractivity contribution < 1.29 is 19.4 Å². The first-order valence-electron chi connectivity index (χ1n) is 11.4. The van der Waals surface area contributed by atoms with Gasteiger partial charge < -0.3 is 15.2 Å². The molecule has 3 aromatic rings. The summed E-state index contributed by atoms with van der Waals surface area (Å²) in [6, 6.07) is 19.2. The molecule has 6 nitrogen and oxygen atoms in total. The van der Waals surface area contributed by atoms with E-state index in [9.17, 15) is 14.7 Å². The number of carbonyl (C=O) groups excluding carboxylic acids is 2. The predicted molar refractivity (Wildman–Crippen MR) is 134 cm³/mol. The number of thiazole rings is 1. The van der Waals surface area contributed by atoms with E-state index < -0.39 is 23.8 Å². The molecule has 180 valence electrons. The van der Waals surface area contributed by atoms with Crippen LogP contribution >= 0.6 is 11.3 Å². The molecular formula is C27H32N2O4S. The third-order valence-electron chi connectivity index (χ3n) is 5.32. The highest BCUT2D eigenvalue weighted by atomic mass is 32.1. The molecule has 1 aromatic heterocycles. The number of carbonyl (C=O) groups is 2. The minimum absolute atomic E-state index is 0.116. The molecule has 34 heavy (non-hydrogen) atoms. The van der Waals surface area contributed by atoms with Crippen molar-refractivity contribution in [3.05, 3.63) is 87.9 Å². The van der Waals surface area contributed by atoms with E-state index in [1.165, 1.54) is 11.3 Å². The molecule has 0 aliphatic rings. The lowest BCUT2D eigenvalue weighted by molar-refractivity contribution is 0.0405. The summed E-state index contributed by atoms with van der Waals surface area (Å²) in [7, 11) is 0. The minimum atomic E-state index is -0.856. The first-order valence-corrected chi connectivity index (χ1v) is 12.2. The van der Waals surface area contributed by atoms with Crippen molar-refractivity contribution in [1.82, 2.24) is 10.3 Å². The third-order valence-corrected chi connectivity index (χ3v) is 6.41. The van der Waals surface area contributed by atoms with Crippen LogP contribution < -0.4 is 5.32 Å². The molecule has 0 spiro atoms. The van der Waals surface area contributed by atoms with E-state index in [1.807, 2.05) is 60.7 Å². The summed E-state index contributed by atoms with van der Waals surface area (Å²) in [4.78, 5) is 28.8. The Morgan fingerprint density at radius 1 is 1.06 bits per heavy atom. The Morgan fingerprint density at radius 2 is 1.65 bits per heavy atom. The van der Waals surface area contributed by atoms with Crippen LogP contribution in [-0.2, 0) is 17.6 Å². The van der Waals surface area contributed by atoms with Crippen LogP contribution in [0.25, 0.3) is 0 Å². The normalized spacial score (nSPS) is 14.1. The number of aromatic nitrogens is 1. The second-order valence-electron chi connectivity index (χ2n) is 9.35. The van der Waals surface area contributed by atoms with Gasteiger partial charge in [0, 0.05) is 12.1 Å². The fraction of sp³-hybridized carbons (Fsp3) is 0.370. The molecule has 0 aliphatic heterocycles. The molecule has 3 atom stereocenters. The summed E-state index contributed by atoms with van der Waals surface area (Å²) in [5, 5.41) is 15.0. The number of nitrogens with zero attached hydrogens (tertiary/aromatic N) is 1. The van der Waals surface area contributed by atoms with Crippen molar-refractivity contribution in [2.45, 2.75) is 63.7 Å². The highest BCUT2D eigenvalue weighted by Crippen LogP contribution is 2.30. The van der Waals surface area contributed by atoms with Gasteiger partial charge in [0.05, 0.1) is 22.0 Å². The lowest BCUT2D eigenvalue weighted by atomic mass is 9.89. The topological polar surface area (TPSA) is 88.5 Å². The van der Waals surface area contributed by atoms with Gasteiger partial charge in [-0.05, 0) is 51.2 Å². The number of ether oxygens (including phenoxy) is 1. The molecule has 7 heteroatoms. The summed E-state index contributed by atoms with van der Waals surface area (Å²) in [5.41, 5.74) is 1.47. The highest BCUT2D eigenvalue weighted by Gasteiger charge is 2.29. The monoisotopic (exact) mass is 480 g/mol. The molecule has 2 N–H and O–H groups in total. The Kier molecular flexibility index (Phi) is 8.96. The highest BCUT2D eigenvalue weighted by molar-refractivity contribution is 7.13. The number of alkyl carbamates (subject to hydrolysis) is 1. The Bertz CT molecular complexity index is 1050. The Hall–Kier alpha value is -3.03. The standard InChI is InChI=1S/C27H32N2O4S/c1-27(2,3)33-26(32)29-23(15-20-12-8-5-9-13-20)24(31)16-21(14-19-10-6-4-7-11-19)25-28-17-22(18-30)34-25/h4-13,17-18,21,23-24,31H,14-16H2,1-3H3,(H,29,32)/t21?,23-,24-/m0/s1. The van der Waals surface area contributed by atoms with E-state index in [-0.39, 0.29) is 5.92 Å². The number of amides is 1. The summed E-state index contributed by atoms with van der Waals surface area (Å²) in [6.45, 7) is 5.41. The molecule has 0 aliphatic carbocycles. The second-order valence-corrected chi connectivity index (χ2v) is 10.4. The average molecular weight is 481 g/mol. The maximum atomic E-state index is 12.6. The largest absolute Gasteiger partial charge is 0.444 e. The SMILES string of the molecule is CC(C)(C)OC(=O)N[C@@H](Cc1ccccc1)[C@@H](O)CC(Cc1ccccc1)c1ncc(C=O)s1. The predicted octanol–water partition coefficient (Wildman–Crippen LogP) is 5.17. The van der Waals surface area contributed by atoms with Crippen molar-refractivity contribution >= 4 is 23.7 Å². The van der Waals surface area contributed by atoms with Gasteiger partial charge in [-0.25, -0.2) is 9.78 Å². The number of nitrogens with one attached hydrogen (secondary N) is 1. The van der Waals surface area contributed by atoms with Crippen molar-refractivity contribution in [1.29, 1.82) is 0 Å². The molecular weight excluding hydrogens is 448 g/mol. The zero-order chi connectivity index (χ0) is 24.6. The van der Waals surface area contributed by atoms with Crippen LogP contribution in [0.4, 0.5) is 4.79 Å². The Morgan fingerprint density at radius 3 is 2.18 bits per heavy atom. The van der Waals surface area contributed by atoms with Gasteiger partial charge in [-0.1, -0.05) is 60.7 Å². The Balaban J connectivity index is 1.82. The van der Waals surface area contributed by atoms with Gasteiger partial charge in [0.1, 0.15) is 5.60 Å². The van der Waals surface area contributed by atoms with Gasteiger partial charge in [0.15, 0.2) is 6.29 Å². The molecule has 1 heterocycles. The van der Waals surface area contributed by atoms with E-state index in [0.29, 0.717) is 24.1 Å². The van der Waals surface area contributed by atoms with E-state index >= 15 is 0 Å². The fourth-order valence-corrected chi connectivity index (χ4v) is 4.63. The van der Waals surface area contributed by atoms with Crippen LogP contribution in [0.1, 0.15) is 58.9 Å². The molecule has 1 amide bonds. The first kappa shape index (κ1) is 25.6. The quantitative estimate of drug-likeness (QED) is 0.391. The van der Waals surface area contributed by atoms with E-state index in [0.717, 1.165) is 22.4 Å². The number of rotatable bonds is 10. The maximum Gasteiger partial charge on any atom is 0.407 e. The van der Waals surface area contributed by atoms with Crippen molar-refractivity contribution in [2.24, 2.45) is 0 Å². The van der Waals surface area contributed by atoms with Crippen molar-refractivity contribution in [3.63, 3.8) is 0 Å². The van der Waals surface area contributed by atoms with Gasteiger partial charge in [-0.3, -0.25) is 4.79 Å². The van der Waals surface area contributed by atoms with Crippen LogP contribution in [0.2, 0.25) is 0 Å². The molecule has 0 radical (unpaired) electrons. The van der Waals surface area contributed by atoms with Crippen LogP contribution in [0, 0.1) is 0 Å². The number of aliphatic hydroxyl groups is 1. The number of aliphatic hydroxyl groups excluding tert-OH is 1. The van der Waals surface area contributed by atoms with Gasteiger partial charge in [-0.2, -0.15) is 0 Å². The number of hydrogen-bond acceptors (Lipinski definition) is 6. The van der Waals surface area contributed by atoms with Crippen LogP contribution in [0.3, 0.4) is 0 Å². The van der Waals surface area contributed by atoms with Gasteiger partial charge >= 0.3 is 6.09 Å². The Labute approximate surface area is 205 Å². The van der Waals surface area contributed by atoms with Crippen LogP contribution in [-0.4, -0.2) is 40.2 Å². The lowest BCUT2D eigenvalue weighted by Gasteiger charge is -2.29. The van der Waals surface area contributed by atoms with Gasteiger partial charge in [0.25, 0.3) is 0 Å². The zero-order valence-electron chi connectivity index (χ0n) is 19.8. The van der Waals surface area contributed by atoms with Crippen molar-refractivity contribution in [2.75, 3.05) is 0 Å². The summed E-state index contributed by atoms with van der Waals surface area (Å²) < 4.78 is 5.45. The number of aldehydes is 1. The average Bonchev–Trinajstić information content (AvgIpc) is 3.28. The fourth-order valence-electron chi connectivity index (χ4n) is 3.78. The molecule has 0 fully saturated rings. The molecule has 0 saturated carbocycles. The molecule has 3 rings (SSSR count). The molecule has 2 aromatic carbocycles. The van der Waals surface area contributed by atoms with E-state index in [2.05, 4.69) is 10.3 Å². The smallest absolute Gasteiger partial charge is 0.407 e. The second kappa shape index (κ2) is 11.9. The maximum absolute atomic E-state index is 12.6.